The van der Waals surface area contributed by atoms with Crippen LogP contribution in [0.15, 0.2) is 35.8 Å². The molecule has 0 radical (unpaired) electrons. The molecule has 162 valence electrons. The molecule has 4 nitrogen and oxygen atoms in total. The van der Waals surface area contributed by atoms with E-state index >= 15 is 0 Å². The minimum atomic E-state index is -1.54. The molecule has 0 rings (SSSR count). The molecule has 0 aromatic rings. The molecule has 0 aromatic heterocycles. The van der Waals surface area contributed by atoms with E-state index in [-0.39, 0.29) is 0 Å². The van der Waals surface area contributed by atoms with Gasteiger partial charge in [0.05, 0.1) is 0 Å². The Labute approximate surface area is 172 Å². The number of hydrogen-bond donors (Lipinski definition) is 3. The molecule has 0 spiro atoms. The lowest BCUT2D eigenvalue weighted by molar-refractivity contribution is -0.135. The summed E-state index contributed by atoms with van der Waals surface area (Å²) < 4.78 is 0. The van der Waals surface area contributed by atoms with E-state index in [1.165, 1.54) is 102 Å². The van der Waals surface area contributed by atoms with Crippen LogP contribution in [0.25, 0.3) is 0 Å². The van der Waals surface area contributed by atoms with Gasteiger partial charge in [-0.05, 0) is 18.9 Å². The smallest absolute Gasteiger partial charge is 0.374 e. The number of allylic oxidation sites excluding steroid dienone is 4. The molecule has 4 heteroatoms. The second-order valence-electron chi connectivity index (χ2n) is 7.56. The largest absolute Gasteiger partial charge is 0.504 e. The Morgan fingerprint density at radius 1 is 0.643 bits per heavy atom. The van der Waals surface area contributed by atoms with E-state index in [0.29, 0.717) is 0 Å². The molecule has 0 amide bonds. The van der Waals surface area contributed by atoms with Crippen molar-refractivity contribution in [2.75, 3.05) is 0 Å². The fourth-order valence-corrected chi connectivity index (χ4v) is 3.14. The van der Waals surface area contributed by atoms with Gasteiger partial charge in [0.1, 0.15) is 0 Å². The number of carboxylic acid groups (broad SMARTS) is 1. The first-order chi connectivity index (χ1) is 13.6. The SMILES string of the molecule is CCCCCCCCCCCCCCCCC/C=C/C=C/C(O)=C(\O)C(=O)O. The summed E-state index contributed by atoms with van der Waals surface area (Å²) in [6.45, 7) is 2.27. The van der Waals surface area contributed by atoms with Gasteiger partial charge in [0.25, 0.3) is 0 Å². The van der Waals surface area contributed by atoms with Gasteiger partial charge >= 0.3 is 5.97 Å². The van der Waals surface area contributed by atoms with Crippen molar-refractivity contribution in [3.63, 3.8) is 0 Å². The molecule has 0 atom stereocenters. The molecule has 0 aliphatic carbocycles. The van der Waals surface area contributed by atoms with Crippen LogP contribution in [-0.4, -0.2) is 21.3 Å². The van der Waals surface area contributed by atoms with Gasteiger partial charge in [-0.15, -0.1) is 0 Å². The summed E-state index contributed by atoms with van der Waals surface area (Å²) in [5.74, 6) is -3.21. The van der Waals surface area contributed by atoms with Crippen molar-refractivity contribution in [1.29, 1.82) is 0 Å². The number of unbranched alkanes of at least 4 members (excludes halogenated alkanes) is 15. The zero-order chi connectivity index (χ0) is 20.9. The van der Waals surface area contributed by atoms with Crippen molar-refractivity contribution in [3.8, 4) is 0 Å². The van der Waals surface area contributed by atoms with Gasteiger partial charge in [0.2, 0.25) is 5.76 Å². The van der Waals surface area contributed by atoms with Crippen LogP contribution in [0.1, 0.15) is 110 Å². The molecule has 0 fully saturated rings. The summed E-state index contributed by atoms with van der Waals surface area (Å²) in [4.78, 5) is 10.4. The number of hydrogen-bond acceptors (Lipinski definition) is 3. The maximum atomic E-state index is 10.4. The lowest BCUT2D eigenvalue weighted by Gasteiger charge is -2.03. The third-order valence-electron chi connectivity index (χ3n) is 4.92. The minimum Gasteiger partial charge on any atom is -0.504 e. The van der Waals surface area contributed by atoms with Crippen molar-refractivity contribution in [1.82, 2.24) is 0 Å². The van der Waals surface area contributed by atoms with Gasteiger partial charge in [-0.2, -0.15) is 0 Å². The molecule has 0 saturated carbocycles. The van der Waals surface area contributed by atoms with Crippen LogP contribution in [0.4, 0.5) is 0 Å². The Bertz CT molecular complexity index is 463. The van der Waals surface area contributed by atoms with E-state index in [9.17, 15) is 9.90 Å². The van der Waals surface area contributed by atoms with E-state index in [0.717, 1.165) is 12.8 Å². The predicted octanol–water partition coefficient (Wildman–Crippen LogP) is 7.77. The highest BCUT2D eigenvalue weighted by molar-refractivity contribution is 5.84. The third-order valence-corrected chi connectivity index (χ3v) is 4.92. The normalized spacial score (nSPS) is 12.8. The van der Waals surface area contributed by atoms with Crippen LogP contribution in [-0.2, 0) is 4.79 Å². The quantitative estimate of drug-likeness (QED) is 0.0904. The van der Waals surface area contributed by atoms with Gasteiger partial charge in [0.15, 0.2) is 5.76 Å². The first-order valence-corrected chi connectivity index (χ1v) is 11.3. The topological polar surface area (TPSA) is 77.8 Å². The van der Waals surface area contributed by atoms with Crippen molar-refractivity contribution >= 4 is 5.97 Å². The third kappa shape index (κ3) is 17.7. The fraction of sp³-hybridized carbons (Fsp3) is 0.708. The maximum Gasteiger partial charge on any atom is 0.374 e. The number of carboxylic acids is 1. The molecule has 28 heavy (non-hydrogen) atoms. The molecular weight excluding hydrogens is 352 g/mol. The average molecular weight is 395 g/mol. The summed E-state index contributed by atoms with van der Waals surface area (Å²) in [6, 6.07) is 0. The van der Waals surface area contributed by atoms with Gasteiger partial charge in [0, 0.05) is 0 Å². The molecule has 0 unspecified atom stereocenters. The zero-order valence-electron chi connectivity index (χ0n) is 17.9. The first-order valence-electron chi connectivity index (χ1n) is 11.3. The molecule has 0 aliphatic rings. The number of carbonyl (C=O) groups is 1. The van der Waals surface area contributed by atoms with Crippen LogP contribution in [0.5, 0.6) is 0 Å². The Kier molecular flexibility index (Phi) is 18.8. The highest BCUT2D eigenvalue weighted by Gasteiger charge is 2.08. The summed E-state index contributed by atoms with van der Waals surface area (Å²) in [6.07, 6.45) is 27.8. The molecule has 0 aliphatic heterocycles. The van der Waals surface area contributed by atoms with Gasteiger partial charge in [-0.1, -0.05) is 115 Å². The Hall–Kier alpha value is -1.71. The lowest BCUT2D eigenvalue weighted by atomic mass is 10.0. The highest BCUT2D eigenvalue weighted by Crippen LogP contribution is 2.13. The van der Waals surface area contributed by atoms with Crippen molar-refractivity contribution in [3.05, 3.63) is 35.8 Å². The molecule has 3 N–H and O–H groups in total. The lowest BCUT2D eigenvalue weighted by Crippen LogP contribution is -2.02. The second-order valence-corrected chi connectivity index (χ2v) is 7.56. The summed E-state index contributed by atoms with van der Waals surface area (Å²) in [7, 11) is 0. The first kappa shape index (κ1) is 26.3. The van der Waals surface area contributed by atoms with Crippen LogP contribution in [0, 0.1) is 0 Å². The Balaban J connectivity index is 3.36. The summed E-state index contributed by atoms with van der Waals surface area (Å²) >= 11 is 0. The van der Waals surface area contributed by atoms with Crippen LogP contribution < -0.4 is 0 Å². The minimum absolute atomic E-state index is 0.635. The second kappa shape index (κ2) is 20.0. The van der Waals surface area contributed by atoms with E-state index in [4.69, 9.17) is 10.2 Å². The number of rotatable bonds is 19. The highest BCUT2D eigenvalue weighted by atomic mass is 16.4. The number of aliphatic hydroxyl groups excluding tert-OH is 2. The molecule has 0 saturated heterocycles. The monoisotopic (exact) mass is 394 g/mol. The van der Waals surface area contributed by atoms with E-state index in [1.807, 2.05) is 6.08 Å². The van der Waals surface area contributed by atoms with Gasteiger partial charge < -0.3 is 15.3 Å². The maximum absolute atomic E-state index is 10.4. The molecule has 0 bridgehead atoms. The van der Waals surface area contributed by atoms with E-state index in [1.54, 1.807) is 6.08 Å². The molecule has 0 heterocycles. The van der Waals surface area contributed by atoms with Gasteiger partial charge in [-0.25, -0.2) is 4.79 Å². The Morgan fingerprint density at radius 2 is 1.07 bits per heavy atom. The average Bonchev–Trinajstić information content (AvgIpc) is 2.68. The predicted molar refractivity (Wildman–Crippen MR) is 118 cm³/mol. The van der Waals surface area contributed by atoms with Crippen LogP contribution in [0.3, 0.4) is 0 Å². The molecular formula is C24H42O4. The molecule has 0 aromatic carbocycles. The van der Waals surface area contributed by atoms with E-state index in [2.05, 4.69) is 6.92 Å². The summed E-state index contributed by atoms with van der Waals surface area (Å²) in [5.41, 5.74) is 0. The van der Waals surface area contributed by atoms with Gasteiger partial charge in [-0.3, -0.25) is 0 Å². The zero-order valence-corrected chi connectivity index (χ0v) is 17.9. The Morgan fingerprint density at radius 3 is 1.50 bits per heavy atom. The van der Waals surface area contributed by atoms with E-state index < -0.39 is 17.5 Å². The summed E-state index contributed by atoms with van der Waals surface area (Å²) in [5, 5.41) is 26.8. The van der Waals surface area contributed by atoms with Crippen LogP contribution >= 0.6 is 0 Å². The number of aliphatic hydroxyl groups is 2. The fourth-order valence-electron chi connectivity index (χ4n) is 3.14. The standard InChI is InChI=1S/C24H42O4/c1-2-3-4-5-6-7-8-9-10-11-12-13-14-15-16-17-18-19-20-21-22(25)23(26)24(27)28/h18-21,25-26H,2-17H2,1H3,(H,27,28)/b19-18+,21-20+,23-22+. The van der Waals surface area contributed by atoms with Crippen molar-refractivity contribution < 1.29 is 20.1 Å². The van der Waals surface area contributed by atoms with Crippen LogP contribution in [0.2, 0.25) is 0 Å². The van der Waals surface area contributed by atoms with Crippen molar-refractivity contribution in [2.45, 2.75) is 110 Å². The van der Waals surface area contributed by atoms with Crippen molar-refractivity contribution in [2.24, 2.45) is 0 Å². The number of aliphatic carboxylic acids is 1.